The Balaban J connectivity index is 1.75. The average Bonchev–Trinajstić information content (AvgIpc) is 3.06. The van der Waals surface area contributed by atoms with Crippen LogP contribution in [0.4, 0.5) is 26.3 Å². The zero-order valence-electron chi connectivity index (χ0n) is 21.2. The average molecular weight is 553 g/mol. The van der Waals surface area contributed by atoms with Gasteiger partial charge in [-0.2, -0.15) is 26.3 Å². The van der Waals surface area contributed by atoms with Crippen molar-refractivity contribution in [3.05, 3.63) is 82.6 Å². The SMILES string of the molecule is CC1(C)CC(=O)C2=C(C1)N(CCCc1ccccc1)C(=O)[C@]2(NC(=O)c1cccc(C(F)(F)F)c1)C(F)(F)F. The first-order chi connectivity index (χ1) is 18.1. The number of nitrogens with one attached hydrogen (secondary N) is 1. The number of amides is 2. The first-order valence-electron chi connectivity index (χ1n) is 12.3. The number of alkyl halides is 6. The fraction of sp³-hybridized carbons (Fsp3) is 0.393. The van der Waals surface area contributed by atoms with Crippen LogP contribution in [0.3, 0.4) is 0 Å². The van der Waals surface area contributed by atoms with E-state index in [-0.39, 0.29) is 31.5 Å². The van der Waals surface area contributed by atoms with Crippen LogP contribution in [-0.2, 0) is 22.2 Å². The van der Waals surface area contributed by atoms with Crippen molar-refractivity contribution >= 4 is 17.6 Å². The molecule has 0 saturated heterocycles. The molecule has 1 atom stereocenters. The summed E-state index contributed by atoms with van der Waals surface area (Å²) in [5.41, 5.74) is -6.51. The van der Waals surface area contributed by atoms with Gasteiger partial charge in [-0.25, -0.2) is 0 Å². The molecule has 0 fully saturated rings. The number of hydrogen-bond donors (Lipinski definition) is 1. The summed E-state index contributed by atoms with van der Waals surface area (Å²) in [6, 6.07) is 11.9. The van der Waals surface area contributed by atoms with Crippen LogP contribution in [0.2, 0.25) is 0 Å². The van der Waals surface area contributed by atoms with Crippen LogP contribution >= 0.6 is 0 Å². The predicted octanol–water partition coefficient (Wildman–Crippen LogP) is 5.85. The Kier molecular flexibility index (Phi) is 7.16. The monoisotopic (exact) mass is 552 g/mol. The minimum Gasteiger partial charge on any atom is -0.326 e. The van der Waals surface area contributed by atoms with Crippen LogP contribution in [-0.4, -0.2) is 40.8 Å². The molecule has 4 rings (SSSR count). The largest absolute Gasteiger partial charge is 0.425 e. The van der Waals surface area contributed by atoms with Crippen molar-refractivity contribution in [2.24, 2.45) is 5.41 Å². The van der Waals surface area contributed by atoms with Crippen molar-refractivity contribution in [3.63, 3.8) is 0 Å². The number of carbonyl (C=O) groups excluding carboxylic acids is 3. The van der Waals surface area contributed by atoms with Crippen LogP contribution in [0, 0.1) is 5.41 Å². The van der Waals surface area contributed by atoms with Gasteiger partial charge in [-0.05, 0) is 48.4 Å². The molecule has 1 N–H and O–H groups in total. The Morgan fingerprint density at radius 2 is 1.62 bits per heavy atom. The number of ketones is 1. The topological polar surface area (TPSA) is 66.5 Å². The smallest absolute Gasteiger partial charge is 0.326 e. The number of Topliss-reactive ketones (excluding diaryl/α,β-unsaturated/α-hetero) is 1. The number of hydrogen-bond acceptors (Lipinski definition) is 3. The Morgan fingerprint density at radius 3 is 2.23 bits per heavy atom. The van der Waals surface area contributed by atoms with Crippen molar-refractivity contribution < 1.29 is 40.7 Å². The summed E-state index contributed by atoms with van der Waals surface area (Å²) in [4.78, 5) is 40.8. The molecule has 1 aliphatic heterocycles. The van der Waals surface area contributed by atoms with Crippen molar-refractivity contribution in [3.8, 4) is 0 Å². The number of nitrogens with zero attached hydrogens (tertiary/aromatic N) is 1. The second-order valence-corrected chi connectivity index (χ2v) is 10.6. The molecule has 39 heavy (non-hydrogen) atoms. The third-order valence-corrected chi connectivity index (χ3v) is 6.99. The minimum absolute atomic E-state index is 0.0254. The fourth-order valence-corrected chi connectivity index (χ4v) is 5.23. The summed E-state index contributed by atoms with van der Waals surface area (Å²) in [5.74, 6) is -4.04. The molecule has 0 unspecified atom stereocenters. The molecule has 1 aliphatic carbocycles. The van der Waals surface area contributed by atoms with Gasteiger partial charge in [0.15, 0.2) is 5.78 Å². The van der Waals surface area contributed by atoms with Gasteiger partial charge >= 0.3 is 12.4 Å². The van der Waals surface area contributed by atoms with E-state index in [9.17, 15) is 40.7 Å². The highest BCUT2D eigenvalue weighted by Gasteiger charge is 2.71. The third-order valence-electron chi connectivity index (χ3n) is 6.99. The maximum absolute atomic E-state index is 14.9. The van der Waals surface area contributed by atoms with E-state index in [1.807, 2.05) is 18.2 Å². The molecule has 2 aromatic carbocycles. The molecule has 0 radical (unpaired) electrons. The van der Waals surface area contributed by atoms with Crippen molar-refractivity contribution in [1.82, 2.24) is 10.2 Å². The normalized spacial score (nSPS) is 21.3. The van der Waals surface area contributed by atoms with Crippen LogP contribution in [0.25, 0.3) is 0 Å². The minimum atomic E-state index is -5.45. The van der Waals surface area contributed by atoms with Crippen molar-refractivity contribution in [2.45, 2.75) is 57.4 Å². The van der Waals surface area contributed by atoms with Crippen molar-refractivity contribution in [1.29, 1.82) is 0 Å². The van der Waals surface area contributed by atoms with Gasteiger partial charge in [0.2, 0.25) is 5.54 Å². The molecule has 0 bridgehead atoms. The van der Waals surface area contributed by atoms with Gasteiger partial charge in [0, 0.05) is 24.2 Å². The first kappa shape index (κ1) is 28.4. The lowest BCUT2D eigenvalue weighted by Gasteiger charge is -2.35. The van der Waals surface area contributed by atoms with Crippen LogP contribution in [0.15, 0.2) is 65.9 Å². The highest BCUT2D eigenvalue weighted by Crippen LogP contribution is 2.51. The Hall–Kier alpha value is -3.63. The predicted molar refractivity (Wildman–Crippen MR) is 129 cm³/mol. The quantitative estimate of drug-likeness (QED) is 0.457. The molecule has 0 saturated carbocycles. The maximum Gasteiger partial charge on any atom is 0.425 e. The van der Waals surface area contributed by atoms with Gasteiger partial charge in [0.1, 0.15) is 0 Å². The second-order valence-electron chi connectivity index (χ2n) is 10.6. The summed E-state index contributed by atoms with van der Waals surface area (Å²) in [5, 5.41) is 1.67. The highest BCUT2D eigenvalue weighted by molar-refractivity contribution is 6.14. The van der Waals surface area contributed by atoms with Crippen molar-refractivity contribution in [2.75, 3.05) is 6.54 Å². The molecule has 2 aliphatic rings. The standard InChI is InChI=1S/C28H26F6N2O3/c1-25(2)15-20-22(21(37)16-25)26(28(32,33)34,24(39)36(20)13-7-10-17-8-4-3-5-9-17)35-23(38)18-11-6-12-19(14-18)27(29,30)31/h3-6,8-9,11-12,14H,7,10,13,15-16H2,1-2H3,(H,35,38)/t26-/m0/s1. The van der Waals surface area contributed by atoms with E-state index in [4.69, 9.17) is 0 Å². The lowest BCUT2D eigenvalue weighted by atomic mass is 9.72. The molecule has 1 heterocycles. The summed E-state index contributed by atoms with van der Waals surface area (Å²) in [7, 11) is 0. The van der Waals surface area contributed by atoms with E-state index in [0.717, 1.165) is 22.6 Å². The highest BCUT2D eigenvalue weighted by atomic mass is 19.4. The Bertz CT molecular complexity index is 1330. The van der Waals surface area contributed by atoms with E-state index >= 15 is 0 Å². The van der Waals surface area contributed by atoms with Gasteiger partial charge in [-0.1, -0.05) is 50.2 Å². The summed E-state index contributed by atoms with van der Waals surface area (Å²) < 4.78 is 84.2. The maximum atomic E-state index is 14.9. The lowest BCUT2D eigenvalue weighted by molar-refractivity contribution is -0.190. The summed E-state index contributed by atoms with van der Waals surface area (Å²) in [6.45, 7) is 3.24. The van der Waals surface area contributed by atoms with Crippen LogP contribution in [0.5, 0.6) is 0 Å². The fourth-order valence-electron chi connectivity index (χ4n) is 5.23. The van der Waals surface area contributed by atoms with Gasteiger partial charge in [-0.3, -0.25) is 14.4 Å². The van der Waals surface area contributed by atoms with E-state index in [1.54, 1.807) is 31.3 Å². The zero-order valence-corrected chi connectivity index (χ0v) is 21.2. The number of halogens is 6. The molecule has 208 valence electrons. The van der Waals surface area contributed by atoms with E-state index < -0.39 is 57.6 Å². The second kappa shape index (κ2) is 9.84. The number of benzene rings is 2. The molecule has 11 heteroatoms. The number of aryl methyl sites for hydroxylation is 1. The number of carbonyl (C=O) groups is 3. The van der Waals surface area contributed by atoms with Gasteiger partial charge in [-0.15, -0.1) is 0 Å². The molecular weight excluding hydrogens is 526 g/mol. The van der Waals surface area contributed by atoms with E-state index in [1.165, 1.54) is 0 Å². The Labute approximate surface area is 220 Å². The van der Waals surface area contributed by atoms with E-state index in [0.29, 0.717) is 18.6 Å². The van der Waals surface area contributed by atoms with Gasteiger partial charge < -0.3 is 10.2 Å². The number of allylic oxidation sites excluding steroid dienone is 1. The van der Waals surface area contributed by atoms with Gasteiger partial charge in [0.05, 0.1) is 11.1 Å². The molecule has 0 aromatic heterocycles. The zero-order chi connectivity index (χ0) is 28.8. The third kappa shape index (κ3) is 5.31. The molecule has 2 aromatic rings. The van der Waals surface area contributed by atoms with Crippen LogP contribution in [0.1, 0.15) is 54.6 Å². The number of rotatable bonds is 6. The molecule has 5 nitrogen and oxygen atoms in total. The van der Waals surface area contributed by atoms with E-state index in [2.05, 4.69) is 0 Å². The Morgan fingerprint density at radius 1 is 0.949 bits per heavy atom. The summed E-state index contributed by atoms with van der Waals surface area (Å²) in [6.07, 6.45) is -9.90. The molecule has 2 amide bonds. The van der Waals surface area contributed by atoms with Gasteiger partial charge in [0.25, 0.3) is 11.8 Å². The first-order valence-corrected chi connectivity index (χ1v) is 12.3. The molecule has 0 spiro atoms. The summed E-state index contributed by atoms with van der Waals surface area (Å²) >= 11 is 0. The van der Waals surface area contributed by atoms with Crippen LogP contribution < -0.4 is 5.32 Å². The lowest BCUT2D eigenvalue weighted by Crippen LogP contribution is -2.66. The molecular formula is C28H26F6N2O3.